The second kappa shape index (κ2) is 7.91. The van der Waals surface area contributed by atoms with E-state index in [1.54, 1.807) is 24.5 Å². The number of hydrogen-bond donors (Lipinski definition) is 2. The van der Waals surface area contributed by atoms with Crippen LogP contribution >= 0.6 is 0 Å². The molecule has 2 N–H and O–H groups in total. The molecule has 5 rings (SSSR count). The summed E-state index contributed by atoms with van der Waals surface area (Å²) in [7, 11) is 0. The molecule has 4 aromatic rings. The van der Waals surface area contributed by atoms with Gasteiger partial charge in [0.05, 0.1) is 36.6 Å². The maximum absolute atomic E-state index is 13.2. The molecule has 0 bridgehead atoms. The van der Waals surface area contributed by atoms with Crippen molar-refractivity contribution in [3.8, 4) is 11.5 Å². The van der Waals surface area contributed by atoms with Gasteiger partial charge < -0.3 is 19.8 Å². The lowest BCUT2D eigenvalue weighted by Crippen LogP contribution is -2.29. The van der Waals surface area contributed by atoms with Gasteiger partial charge in [-0.3, -0.25) is 4.79 Å². The highest BCUT2D eigenvalue weighted by Crippen LogP contribution is 2.31. The summed E-state index contributed by atoms with van der Waals surface area (Å²) in [4.78, 5) is 20.6. The number of nitrogens with one attached hydrogen (secondary N) is 2. The molecular weight excluding hydrogens is 378 g/mol. The first kappa shape index (κ1) is 18.2. The van der Waals surface area contributed by atoms with Crippen LogP contribution in [0.1, 0.15) is 33.9 Å². The SMILES string of the molecule is O=C(N[C@H](c1ccccc1)c1ccc2nc[nH]c2c1)c1ccc2c(c1)OCCCO2. The minimum Gasteiger partial charge on any atom is -0.490 e. The van der Waals surface area contributed by atoms with Crippen molar-refractivity contribution in [3.05, 3.63) is 89.7 Å². The van der Waals surface area contributed by atoms with E-state index < -0.39 is 0 Å². The summed E-state index contributed by atoms with van der Waals surface area (Å²) < 4.78 is 11.4. The molecule has 1 aliphatic rings. The number of ether oxygens (including phenoxy) is 2. The van der Waals surface area contributed by atoms with Crippen LogP contribution in [0.5, 0.6) is 11.5 Å². The maximum Gasteiger partial charge on any atom is 0.252 e. The highest BCUT2D eigenvalue weighted by atomic mass is 16.5. The molecule has 2 heterocycles. The van der Waals surface area contributed by atoms with E-state index in [0.29, 0.717) is 30.3 Å². The smallest absolute Gasteiger partial charge is 0.252 e. The van der Waals surface area contributed by atoms with Crippen LogP contribution in [0.2, 0.25) is 0 Å². The molecule has 0 fully saturated rings. The summed E-state index contributed by atoms with van der Waals surface area (Å²) in [5.41, 5.74) is 4.32. The molecule has 1 amide bonds. The third kappa shape index (κ3) is 3.59. The van der Waals surface area contributed by atoms with Gasteiger partial charge in [-0.15, -0.1) is 0 Å². The van der Waals surface area contributed by atoms with Gasteiger partial charge in [-0.05, 0) is 41.5 Å². The third-order valence-electron chi connectivity index (χ3n) is 5.20. The van der Waals surface area contributed by atoms with E-state index in [-0.39, 0.29) is 11.9 Å². The molecule has 150 valence electrons. The second-order valence-electron chi connectivity index (χ2n) is 7.21. The van der Waals surface area contributed by atoms with Crippen LogP contribution in [0.15, 0.2) is 73.1 Å². The number of fused-ring (bicyclic) bond motifs is 2. The summed E-state index contributed by atoms with van der Waals surface area (Å²) >= 11 is 0. The van der Waals surface area contributed by atoms with Crippen molar-refractivity contribution in [2.24, 2.45) is 0 Å². The van der Waals surface area contributed by atoms with E-state index in [9.17, 15) is 4.79 Å². The molecule has 0 saturated heterocycles. The van der Waals surface area contributed by atoms with Crippen molar-refractivity contribution in [2.75, 3.05) is 13.2 Å². The monoisotopic (exact) mass is 399 g/mol. The lowest BCUT2D eigenvalue weighted by molar-refractivity contribution is 0.0942. The van der Waals surface area contributed by atoms with Crippen LogP contribution in [0, 0.1) is 0 Å². The van der Waals surface area contributed by atoms with Crippen molar-refractivity contribution in [1.29, 1.82) is 0 Å². The molecule has 3 aromatic carbocycles. The Morgan fingerprint density at radius 1 is 0.933 bits per heavy atom. The molecule has 1 atom stereocenters. The first-order valence-electron chi connectivity index (χ1n) is 9.96. The fourth-order valence-corrected chi connectivity index (χ4v) is 3.66. The number of aromatic amines is 1. The molecule has 0 spiro atoms. The second-order valence-corrected chi connectivity index (χ2v) is 7.21. The number of hydrogen-bond acceptors (Lipinski definition) is 4. The third-order valence-corrected chi connectivity index (χ3v) is 5.20. The van der Waals surface area contributed by atoms with Crippen LogP contribution < -0.4 is 14.8 Å². The summed E-state index contributed by atoms with van der Waals surface area (Å²) in [6.45, 7) is 1.19. The van der Waals surface area contributed by atoms with Crippen molar-refractivity contribution < 1.29 is 14.3 Å². The number of nitrogens with zero attached hydrogens (tertiary/aromatic N) is 1. The summed E-state index contributed by atoms with van der Waals surface area (Å²) in [5, 5.41) is 3.18. The van der Waals surface area contributed by atoms with Gasteiger partial charge in [0.15, 0.2) is 11.5 Å². The van der Waals surface area contributed by atoms with Crippen molar-refractivity contribution >= 4 is 16.9 Å². The van der Waals surface area contributed by atoms with E-state index in [0.717, 1.165) is 28.6 Å². The first-order chi connectivity index (χ1) is 14.8. The van der Waals surface area contributed by atoms with E-state index in [2.05, 4.69) is 15.3 Å². The molecule has 1 aromatic heterocycles. The Bertz CT molecular complexity index is 1190. The summed E-state index contributed by atoms with van der Waals surface area (Å²) in [6, 6.07) is 20.9. The molecule has 30 heavy (non-hydrogen) atoms. The fourth-order valence-electron chi connectivity index (χ4n) is 3.66. The van der Waals surface area contributed by atoms with Gasteiger partial charge >= 0.3 is 0 Å². The van der Waals surface area contributed by atoms with Gasteiger partial charge in [0.25, 0.3) is 5.91 Å². The maximum atomic E-state index is 13.2. The average molecular weight is 399 g/mol. The predicted octanol–water partition coefficient (Wildman–Crippen LogP) is 4.24. The number of imidazole rings is 1. The number of rotatable bonds is 4. The fraction of sp³-hybridized carbons (Fsp3) is 0.167. The van der Waals surface area contributed by atoms with Crippen LogP contribution in [0.4, 0.5) is 0 Å². The van der Waals surface area contributed by atoms with Crippen LogP contribution in [-0.2, 0) is 0 Å². The Labute approximate surface area is 173 Å². The zero-order chi connectivity index (χ0) is 20.3. The summed E-state index contributed by atoms with van der Waals surface area (Å²) in [6.07, 6.45) is 2.49. The number of carbonyl (C=O) groups is 1. The number of H-pyrrole nitrogens is 1. The molecule has 1 aliphatic heterocycles. The van der Waals surface area contributed by atoms with Gasteiger partial charge in [-0.1, -0.05) is 36.4 Å². The van der Waals surface area contributed by atoms with Crippen molar-refractivity contribution in [2.45, 2.75) is 12.5 Å². The summed E-state index contributed by atoms with van der Waals surface area (Å²) in [5.74, 6) is 1.10. The molecule has 6 nitrogen and oxygen atoms in total. The topological polar surface area (TPSA) is 76.2 Å². The lowest BCUT2D eigenvalue weighted by Gasteiger charge is -2.20. The molecule has 0 unspecified atom stereocenters. The van der Waals surface area contributed by atoms with Crippen molar-refractivity contribution in [1.82, 2.24) is 15.3 Å². The van der Waals surface area contributed by atoms with Gasteiger partial charge in [0.2, 0.25) is 0 Å². The van der Waals surface area contributed by atoms with Crippen LogP contribution in [0.3, 0.4) is 0 Å². The van der Waals surface area contributed by atoms with E-state index in [1.807, 2.05) is 48.5 Å². The Morgan fingerprint density at radius 3 is 2.63 bits per heavy atom. The Kier molecular flexibility index (Phi) is 4.81. The normalized spacial score (nSPS) is 14.1. The van der Waals surface area contributed by atoms with Gasteiger partial charge in [-0.25, -0.2) is 4.98 Å². The van der Waals surface area contributed by atoms with Gasteiger partial charge in [0.1, 0.15) is 0 Å². The first-order valence-corrected chi connectivity index (χ1v) is 9.96. The Balaban J connectivity index is 1.48. The number of benzene rings is 3. The quantitative estimate of drug-likeness (QED) is 0.538. The van der Waals surface area contributed by atoms with Crippen molar-refractivity contribution in [3.63, 3.8) is 0 Å². The molecule has 0 aliphatic carbocycles. The highest BCUT2D eigenvalue weighted by molar-refractivity contribution is 5.95. The number of carbonyl (C=O) groups excluding carboxylic acids is 1. The highest BCUT2D eigenvalue weighted by Gasteiger charge is 2.20. The van der Waals surface area contributed by atoms with E-state index in [1.165, 1.54) is 0 Å². The zero-order valence-electron chi connectivity index (χ0n) is 16.3. The standard InChI is InChI=1S/C24H21N3O3/c28-24(18-8-10-21-22(14-18)30-12-4-11-29-21)27-23(16-5-2-1-3-6-16)17-7-9-19-20(13-17)26-15-25-19/h1-3,5-10,13-15,23H,4,11-12H2,(H,25,26)(H,27,28)/t23-/m1/s1. The van der Waals surface area contributed by atoms with Crippen LogP contribution in [-0.4, -0.2) is 29.1 Å². The average Bonchev–Trinajstić information content (AvgIpc) is 3.13. The van der Waals surface area contributed by atoms with E-state index in [4.69, 9.17) is 9.47 Å². The zero-order valence-corrected chi connectivity index (χ0v) is 16.3. The predicted molar refractivity (Wildman–Crippen MR) is 114 cm³/mol. The minimum absolute atomic E-state index is 0.177. The largest absolute Gasteiger partial charge is 0.490 e. The number of amides is 1. The molecular formula is C24H21N3O3. The Hall–Kier alpha value is -3.80. The van der Waals surface area contributed by atoms with Crippen LogP contribution in [0.25, 0.3) is 11.0 Å². The van der Waals surface area contributed by atoms with E-state index >= 15 is 0 Å². The minimum atomic E-state index is -0.303. The number of aromatic nitrogens is 2. The molecule has 0 saturated carbocycles. The lowest BCUT2D eigenvalue weighted by atomic mass is 9.97. The molecule has 0 radical (unpaired) electrons. The van der Waals surface area contributed by atoms with Gasteiger partial charge in [0, 0.05) is 12.0 Å². The molecule has 6 heteroatoms. The Morgan fingerprint density at radius 2 is 1.77 bits per heavy atom. The van der Waals surface area contributed by atoms with Gasteiger partial charge in [-0.2, -0.15) is 0 Å².